The second-order valence-electron chi connectivity index (χ2n) is 5.52. The van der Waals surface area contributed by atoms with Crippen LogP contribution < -0.4 is 10.6 Å². The standard InChI is InChI=1S/C16H21ClN2O4/c1-5-8-18-14(21)16(2,3)15(22)19-12-9-10(13(20)23-4)6-7-11(12)17/h6-7,9H,5,8H2,1-4H3,(H,18,21)(H,19,22). The van der Waals surface area contributed by atoms with Gasteiger partial charge in [-0.05, 0) is 38.5 Å². The molecule has 0 aromatic heterocycles. The van der Waals surface area contributed by atoms with Crippen molar-refractivity contribution in [2.45, 2.75) is 27.2 Å². The van der Waals surface area contributed by atoms with E-state index in [1.165, 1.54) is 39.2 Å². The van der Waals surface area contributed by atoms with Crippen LogP contribution in [-0.4, -0.2) is 31.4 Å². The van der Waals surface area contributed by atoms with E-state index in [9.17, 15) is 14.4 Å². The number of esters is 1. The van der Waals surface area contributed by atoms with Crippen molar-refractivity contribution in [2.75, 3.05) is 19.0 Å². The number of halogens is 1. The van der Waals surface area contributed by atoms with E-state index < -0.39 is 17.3 Å². The molecule has 0 atom stereocenters. The zero-order valence-corrected chi connectivity index (χ0v) is 14.4. The molecule has 0 heterocycles. The first-order chi connectivity index (χ1) is 10.7. The fourth-order valence-corrected chi connectivity index (χ4v) is 1.87. The lowest BCUT2D eigenvalue weighted by Gasteiger charge is -2.23. The summed E-state index contributed by atoms with van der Waals surface area (Å²) in [5, 5.41) is 5.53. The number of hydrogen-bond donors (Lipinski definition) is 2. The second kappa shape index (κ2) is 7.97. The summed E-state index contributed by atoms with van der Waals surface area (Å²) in [5.41, 5.74) is -0.781. The van der Waals surface area contributed by atoms with Gasteiger partial charge in [0.05, 0.1) is 23.4 Å². The highest BCUT2D eigenvalue weighted by atomic mass is 35.5. The number of carbonyl (C=O) groups excluding carboxylic acids is 3. The van der Waals surface area contributed by atoms with Crippen molar-refractivity contribution in [3.05, 3.63) is 28.8 Å². The van der Waals surface area contributed by atoms with E-state index >= 15 is 0 Å². The zero-order chi connectivity index (χ0) is 17.6. The van der Waals surface area contributed by atoms with Gasteiger partial charge in [-0.25, -0.2) is 4.79 Å². The molecule has 0 aliphatic carbocycles. The van der Waals surface area contributed by atoms with Crippen molar-refractivity contribution in [3.63, 3.8) is 0 Å². The van der Waals surface area contributed by atoms with Gasteiger partial charge in [-0.3, -0.25) is 9.59 Å². The first kappa shape index (κ1) is 19.0. The van der Waals surface area contributed by atoms with Crippen LogP contribution in [0.2, 0.25) is 5.02 Å². The third-order valence-electron chi connectivity index (χ3n) is 3.31. The number of nitrogens with one attached hydrogen (secondary N) is 2. The normalized spacial score (nSPS) is 10.8. The summed E-state index contributed by atoms with van der Waals surface area (Å²) in [6.45, 7) is 5.45. The van der Waals surface area contributed by atoms with Crippen molar-refractivity contribution in [2.24, 2.45) is 5.41 Å². The third kappa shape index (κ3) is 4.69. The van der Waals surface area contributed by atoms with Gasteiger partial charge in [0, 0.05) is 6.54 Å². The number of carbonyl (C=O) groups is 3. The van der Waals surface area contributed by atoms with E-state index in [4.69, 9.17) is 11.6 Å². The molecule has 2 amide bonds. The highest BCUT2D eigenvalue weighted by Crippen LogP contribution is 2.26. The molecule has 0 radical (unpaired) electrons. The molecular weight excluding hydrogens is 320 g/mol. The number of benzene rings is 1. The molecule has 126 valence electrons. The van der Waals surface area contributed by atoms with Gasteiger partial charge in [0.1, 0.15) is 5.41 Å². The third-order valence-corrected chi connectivity index (χ3v) is 3.64. The predicted octanol–water partition coefficient (Wildman–Crippen LogP) is 2.62. The molecule has 0 fully saturated rings. The summed E-state index contributed by atoms with van der Waals surface area (Å²) in [6.07, 6.45) is 0.774. The highest BCUT2D eigenvalue weighted by molar-refractivity contribution is 6.34. The van der Waals surface area contributed by atoms with Crippen LogP contribution in [-0.2, 0) is 14.3 Å². The molecule has 2 N–H and O–H groups in total. The molecule has 1 aromatic rings. The molecule has 0 unspecified atom stereocenters. The minimum atomic E-state index is -1.28. The number of ether oxygens (including phenoxy) is 1. The number of hydrogen-bond acceptors (Lipinski definition) is 4. The Hall–Kier alpha value is -2.08. The molecule has 0 saturated heterocycles. The minimum Gasteiger partial charge on any atom is -0.465 e. The fourth-order valence-electron chi connectivity index (χ4n) is 1.71. The first-order valence-electron chi connectivity index (χ1n) is 7.21. The Morgan fingerprint density at radius 3 is 2.43 bits per heavy atom. The van der Waals surface area contributed by atoms with Crippen LogP contribution in [0.4, 0.5) is 5.69 Å². The molecule has 1 rings (SSSR count). The lowest BCUT2D eigenvalue weighted by atomic mass is 9.91. The van der Waals surface area contributed by atoms with E-state index in [1.807, 2.05) is 6.92 Å². The molecular formula is C16H21ClN2O4. The van der Waals surface area contributed by atoms with E-state index in [0.717, 1.165) is 6.42 Å². The molecule has 0 aliphatic heterocycles. The largest absolute Gasteiger partial charge is 0.465 e. The molecule has 0 saturated carbocycles. The Bertz CT molecular complexity index is 614. The van der Waals surface area contributed by atoms with Gasteiger partial charge in [0.25, 0.3) is 0 Å². The van der Waals surface area contributed by atoms with Crippen LogP contribution in [0.5, 0.6) is 0 Å². The average molecular weight is 341 g/mol. The van der Waals surface area contributed by atoms with Crippen molar-refractivity contribution in [1.82, 2.24) is 5.32 Å². The van der Waals surface area contributed by atoms with E-state index in [2.05, 4.69) is 15.4 Å². The van der Waals surface area contributed by atoms with Crippen LogP contribution in [0, 0.1) is 5.41 Å². The van der Waals surface area contributed by atoms with E-state index in [-0.39, 0.29) is 22.2 Å². The number of methoxy groups -OCH3 is 1. The van der Waals surface area contributed by atoms with Crippen molar-refractivity contribution in [3.8, 4) is 0 Å². The second-order valence-corrected chi connectivity index (χ2v) is 5.93. The first-order valence-corrected chi connectivity index (χ1v) is 7.59. The average Bonchev–Trinajstić information content (AvgIpc) is 2.53. The maximum absolute atomic E-state index is 12.4. The van der Waals surface area contributed by atoms with Crippen molar-refractivity contribution < 1.29 is 19.1 Å². The topological polar surface area (TPSA) is 84.5 Å². The summed E-state index contributed by atoms with van der Waals surface area (Å²) in [5.74, 6) is -1.44. The molecule has 0 spiro atoms. The number of anilines is 1. The van der Waals surface area contributed by atoms with Crippen molar-refractivity contribution in [1.29, 1.82) is 0 Å². The Kier molecular flexibility index (Phi) is 6.57. The molecule has 23 heavy (non-hydrogen) atoms. The van der Waals surface area contributed by atoms with Crippen LogP contribution in [0.25, 0.3) is 0 Å². The Morgan fingerprint density at radius 1 is 1.22 bits per heavy atom. The predicted molar refractivity (Wildman–Crippen MR) is 88.5 cm³/mol. The van der Waals surface area contributed by atoms with Gasteiger partial charge in [0.2, 0.25) is 11.8 Å². The SMILES string of the molecule is CCCNC(=O)C(C)(C)C(=O)Nc1cc(C(=O)OC)ccc1Cl. The van der Waals surface area contributed by atoms with E-state index in [0.29, 0.717) is 6.54 Å². The summed E-state index contributed by atoms with van der Waals surface area (Å²) >= 11 is 6.03. The molecule has 0 bridgehead atoms. The van der Waals surface area contributed by atoms with Gasteiger partial charge in [-0.1, -0.05) is 18.5 Å². The molecule has 7 heteroatoms. The van der Waals surface area contributed by atoms with Crippen LogP contribution >= 0.6 is 11.6 Å². The maximum Gasteiger partial charge on any atom is 0.337 e. The van der Waals surface area contributed by atoms with Crippen LogP contribution in [0.3, 0.4) is 0 Å². The summed E-state index contributed by atoms with van der Waals surface area (Å²) in [4.78, 5) is 36.0. The van der Waals surface area contributed by atoms with Gasteiger partial charge in [-0.2, -0.15) is 0 Å². The van der Waals surface area contributed by atoms with Gasteiger partial charge in [0.15, 0.2) is 0 Å². The van der Waals surface area contributed by atoms with Gasteiger partial charge in [-0.15, -0.1) is 0 Å². The Labute approximate surface area is 140 Å². The molecule has 0 aliphatic rings. The Morgan fingerprint density at radius 2 is 1.87 bits per heavy atom. The quantitative estimate of drug-likeness (QED) is 0.616. The highest BCUT2D eigenvalue weighted by Gasteiger charge is 2.36. The zero-order valence-electron chi connectivity index (χ0n) is 13.7. The lowest BCUT2D eigenvalue weighted by Crippen LogP contribution is -2.45. The fraction of sp³-hybridized carbons (Fsp3) is 0.438. The number of amides is 2. The maximum atomic E-state index is 12.4. The Balaban J connectivity index is 2.96. The minimum absolute atomic E-state index is 0.246. The van der Waals surface area contributed by atoms with Crippen LogP contribution in [0.1, 0.15) is 37.6 Å². The smallest absolute Gasteiger partial charge is 0.337 e. The van der Waals surface area contributed by atoms with Crippen LogP contribution in [0.15, 0.2) is 18.2 Å². The van der Waals surface area contributed by atoms with Gasteiger partial charge < -0.3 is 15.4 Å². The number of rotatable bonds is 6. The lowest BCUT2D eigenvalue weighted by molar-refractivity contribution is -0.138. The van der Waals surface area contributed by atoms with E-state index in [1.54, 1.807) is 0 Å². The monoisotopic (exact) mass is 340 g/mol. The summed E-state index contributed by atoms with van der Waals surface area (Å²) in [6, 6.07) is 4.38. The summed E-state index contributed by atoms with van der Waals surface area (Å²) < 4.78 is 4.63. The summed E-state index contributed by atoms with van der Waals surface area (Å²) in [7, 11) is 1.26. The van der Waals surface area contributed by atoms with Crippen molar-refractivity contribution >= 4 is 35.1 Å². The van der Waals surface area contributed by atoms with Gasteiger partial charge >= 0.3 is 5.97 Å². The molecule has 6 nitrogen and oxygen atoms in total. The molecule has 1 aromatic carbocycles.